The van der Waals surface area contributed by atoms with Crippen molar-refractivity contribution in [2.45, 2.75) is 87.1 Å². The lowest BCUT2D eigenvalue weighted by Crippen LogP contribution is -2.83. The molecule has 5 saturated carbocycles. The molecule has 7 bridgehead atoms. The average Bonchev–Trinajstić information content (AvgIpc) is 3.39. The first kappa shape index (κ1) is 31.4. The van der Waals surface area contributed by atoms with Gasteiger partial charge in [-0.25, -0.2) is 4.79 Å². The molecule has 1 aliphatic heterocycles. The highest BCUT2D eigenvalue weighted by molar-refractivity contribution is 8.93. The number of nitrogens with zero attached hydrogens (tertiary/aromatic N) is 1. The molecule has 43 heavy (non-hydrogen) atoms. The molecular weight excluding hydrogens is 620 g/mol. The van der Waals surface area contributed by atoms with Crippen molar-refractivity contribution < 1.29 is 38.7 Å². The minimum absolute atomic E-state index is 0. The molecule has 0 radical (unpaired) electrons. The number of amides is 1. The number of esters is 1. The molecule has 3 N–H and O–H groups in total. The van der Waals surface area contributed by atoms with Crippen molar-refractivity contribution in [2.75, 3.05) is 39.7 Å². The number of likely N-dealkylation sites (tertiary alicyclic amines) is 1. The van der Waals surface area contributed by atoms with Crippen molar-refractivity contribution in [3.05, 3.63) is 29.8 Å². The molecule has 1 spiro atoms. The molecule has 10 nitrogen and oxygen atoms in total. The van der Waals surface area contributed by atoms with Crippen molar-refractivity contribution >= 4 is 34.5 Å². The number of piperidine rings is 1. The van der Waals surface area contributed by atoms with Gasteiger partial charge in [-0.15, -0.1) is 17.0 Å². The molecule has 11 heteroatoms. The van der Waals surface area contributed by atoms with Gasteiger partial charge in [0.15, 0.2) is 0 Å². The van der Waals surface area contributed by atoms with E-state index in [1.54, 1.807) is 45.6 Å². The summed E-state index contributed by atoms with van der Waals surface area (Å²) in [6.07, 6.45) is 1.91. The van der Waals surface area contributed by atoms with E-state index in [1.165, 1.54) is 6.92 Å². The highest BCUT2D eigenvalue weighted by atomic mass is 79.9. The molecule has 1 amide bonds. The second-order valence-corrected chi connectivity index (χ2v) is 13.7. The second kappa shape index (κ2) is 10.5. The molecule has 6 aliphatic rings. The molecule has 12 atom stereocenters. The van der Waals surface area contributed by atoms with Crippen molar-refractivity contribution in [3.63, 3.8) is 0 Å². The number of likely N-dealkylation sites (N-methyl/N-ethyl adjacent to an activating group) is 1. The van der Waals surface area contributed by atoms with E-state index in [1.807, 2.05) is 0 Å². The maximum Gasteiger partial charge on any atom is 0.340 e. The smallest absolute Gasteiger partial charge is 0.340 e. The minimum Gasteiger partial charge on any atom is -0.454 e. The number of methoxy groups -OCH3 is 3. The van der Waals surface area contributed by atoms with E-state index >= 15 is 0 Å². The Labute approximate surface area is 263 Å². The third kappa shape index (κ3) is 3.67. The van der Waals surface area contributed by atoms with E-state index in [4.69, 9.17) is 18.9 Å². The van der Waals surface area contributed by atoms with Gasteiger partial charge >= 0.3 is 5.97 Å². The highest BCUT2D eigenvalue weighted by Crippen LogP contribution is 2.79. The maximum absolute atomic E-state index is 14.0. The third-order valence-electron chi connectivity index (χ3n) is 12.6. The molecule has 6 fully saturated rings. The summed E-state index contributed by atoms with van der Waals surface area (Å²) in [5.41, 5.74) is -3.57. The van der Waals surface area contributed by atoms with Crippen LogP contribution in [0.25, 0.3) is 0 Å². The molecule has 1 aromatic rings. The van der Waals surface area contributed by atoms with Crippen LogP contribution in [0.1, 0.15) is 56.3 Å². The first-order valence-electron chi connectivity index (χ1n) is 15.4. The average molecular weight is 666 g/mol. The van der Waals surface area contributed by atoms with E-state index < -0.39 is 34.3 Å². The number of fused-ring (bicyclic) bond motifs is 2. The Bertz CT molecular complexity index is 1300. The Kier molecular flexibility index (Phi) is 7.64. The monoisotopic (exact) mass is 664 g/mol. The first-order chi connectivity index (χ1) is 20.1. The summed E-state index contributed by atoms with van der Waals surface area (Å²) in [5.74, 6) is -1.54. The Hall–Kier alpha value is -1.60. The fourth-order valence-corrected chi connectivity index (χ4v) is 11.6. The molecule has 238 valence electrons. The number of carbonyl (C=O) groups is 2. The Morgan fingerprint density at radius 2 is 1.81 bits per heavy atom. The van der Waals surface area contributed by atoms with Crippen LogP contribution in [0.5, 0.6) is 0 Å². The number of carbonyl (C=O) groups excluding carboxylic acids is 2. The van der Waals surface area contributed by atoms with Gasteiger partial charge in [-0.3, -0.25) is 9.69 Å². The SMILES string of the molecule is Br.CCN1CC2(OC(=O)c3ccccc3NC(C)=O)CCC(OC)C34C1C(CC23)C1(O)CC(OC)C2CC4C1(O)C2OC. The summed E-state index contributed by atoms with van der Waals surface area (Å²) < 4.78 is 25.1. The quantitative estimate of drug-likeness (QED) is 0.377. The molecule has 7 rings (SSSR count). The zero-order valence-electron chi connectivity index (χ0n) is 25.6. The van der Waals surface area contributed by atoms with Crippen molar-refractivity contribution in [3.8, 4) is 0 Å². The van der Waals surface area contributed by atoms with Crippen LogP contribution >= 0.6 is 17.0 Å². The molecule has 1 heterocycles. The number of aliphatic hydroxyl groups is 2. The number of hydrogen-bond donors (Lipinski definition) is 3. The standard InChI is InChI=1S/C32H44N2O8.BrH/c1-6-34-16-29(42-28(36)18-9-7-8-10-21(18)33-17(2)35)12-11-25(40-4)31-23(29)14-20(26(31)34)30(37)15-22(39-3)19-13-24(31)32(30,38)27(19)41-5;/h7-10,19-20,22-27,37-38H,6,11-16H2,1-5H3,(H,33,35);1H. The predicted molar refractivity (Wildman–Crippen MR) is 162 cm³/mol. The van der Waals surface area contributed by atoms with Crippen LogP contribution in [-0.2, 0) is 23.7 Å². The Balaban J connectivity index is 0.00000329. The lowest BCUT2D eigenvalue weighted by molar-refractivity contribution is -0.337. The lowest BCUT2D eigenvalue weighted by atomic mass is 9.44. The number of anilines is 1. The molecule has 1 aromatic carbocycles. The molecule has 0 aromatic heterocycles. The maximum atomic E-state index is 14.0. The molecule has 5 aliphatic carbocycles. The van der Waals surface area contributed by atoms with Gasteiger partial charge in [0.05, 0.1) is 29.6 Å². The number of halogens is 1. The zero-order valence-corrected chi connectivity index (χ0v) is 27.3. The van der Waals surface area contributed by atoms with Crippen molar-refractivity contribution in [2.24, 2.45) is 29.1 Å². The summed E-state index contributed by atoms with van der Waals surface area (Å²) in [5, 5.41) is 28.4. The van der Waals surface area contributed by atoms with E-state index in [9.17, 15) is 19.8 Å². The van der Waals surface area contributed by atoms with Gasteiger partial charge in [0.1, 0.15) is 16.8 Å². The van der Waals surface area contributed by atoms with E-state index in [0.29, 0.717) is 56.4 Å². The number of benzene rings is 1. The minimum atomic E-state index is -1.48. The van der Waals surface area contributed by atoms with Crippen LogP contribution in [0.15, 0.2) is 24.3 Å². The van der Waals surface area contributed by atoms with Gasteiger partial charge in [-0.2, -0.15) is 0 Å². The van der Waals surface area contributed by atoms with Crippen molar-refractivity contribution in [1.82, 2.24) is 4.90 Å². The van der Waals surface area contributed by atoms with E-state index in [0.717, 1.165) is 0 Å². The van der Waals surface area contributed by atoms with Gasteiger partial charge < -0.3 is 34.5 Å². The second-order valence-electron chi connectivity index (χ2n) is 13.7. The Morgan fingerprint density at radius 1 is 1.07 bits per heavy atom. The van der Waals surface area contributed by atoms with Crippen LogP contribution in [0.3, 0.4) is 0 Å². The van der Waals surface area contributed by atoms with Gasteiger partial charge in [-0.05, 0) is 44.4 Å². The normalized spacial score (nSPS) is 47.0. The molecule has 12 unspecified atom stereocenters. The van der Waals surface area contributed by atoms with E-state index in [-0.39, 0.29) is 64.8 Å². The van der Waals surface area contributed by atoms with Gasteiger partial charge in [-0.1, -0.05) is 19.1 Å². The van der Waals surface area contributed by atoms with E-state index in [2.05, 4.69) is 17.1 Å². The molecular formula is C32H45BrN2O8. The van der Waals surface area contributed by atoms with Gasteiger partial charge in [0.25, 0.3) is 0 Å². The highest BCUT2D eigenvalue weighted by Gasteiger charge is 2.89. The van der Waals surface area contributed by atoms with Crippen LogP contribution in [0.2, 0.25) is 0 Å². The fraction of sp³-hybridized carbons (Fsp3) is 0.750. The van der Waals surface area contributed by atoms with Crippen LogP contribution < -0.4 is 5.32 Å². The zero-order chi connectivity index (χ0) is 29.8. The summed E-state index contributed by atoms with van der Waals surface area (Å²) in [7, 11) is 5.05. The first-order valence-corrected chi connectivity index (χ1v) is 15.4. The van der Waals surface area contributed by atoms with Gasteiger partial charge in [0, 0.05) is 76.3 Å². The number of hydrogen-bond acceptors (Lipinski definition) is 9. The predicted octanol–water partition coefficient (Wildman–Crippen LogP) is 2.80. The van der Waals surface area contributed by atoms with Crippen molar-refractivity contribution in [1.29, 1.82) is 0 Å². The number of nitrogens with one attached hydrogen (secondary N) is 1. The Morgan fingerprint density at radius 3 is 2.47 bits per heavy atom. The molecule has 1 saturated heterocycles. The largest absolute Gasteiger partial charge is 0.454 e. The number of ether oxygens (including phenoxy) is 4. The summed E-state index contributed by atoms with van der Waals surface area (Å²) in [4.78, 5) is 28.3. The summed E-state index contributed by atoms with van der Waals surface area (Å²) in [6, 6.07) is 6.89. The number of para-hydroxylation sites is 1. The number of rotatable bonds is 7. The van der Waals surface area contributed by atoms with Crippen LogP contribution in [0.4, 0.5) is 5.69 Å². The summed E-state index contributed by atoms with van der Waals surface area (Å²) >= 11 is 0. The fourth-order valence-electron chi connectivity index (χ4n) is 11.6. The van der Waals surface area contributed by atoms with Crippen LogP contribution in [-0.4, -0.2) is 103 Å². The van der Waals surface area contributed by atoms with Crippen LogP contribution in [0, 0.1) is 29.1 Å². The lowest BCUT2D eigenvalue weighted by Gasteiger charge is -2.70. The van der Waals surface area contributed by atoms with Gasteiger partial charge in [0.2, 0.25) is 5.91 Å². The topological polar surface area (TPSA) is 127 Å². The summed E-state index contributed by atoms with van der Waals surface area (Å²) in [6.45, 7) is 4.79. The third-order valence-corrected chi connectivity index (χ3v) is 12.6.